The number of hydrogen-bond donors (Lipinski definition) is 4. The van der Waals surface area contributed by atoms with E-state index < -0.39 is 0 Å². The number of aromatic hydroxyl groups is 1. The summed E-state index contributed by atoms with van der Waals surface area (Å²) in [6.45, 7) is 4.50. The van der Waals surface area contributed by atoms with Crippen LogP contribution in [0.15, 0.2) is 42.6 Å². The Morgan fingerprint density at radius 1 is 1.16 bits per heavy atom. The number of rotatable bonds is 4. The third-order valence-electron chi connectivity index (χ3n) is 9.40. The van der Waals surface area contributed by atoms with Gasteiger partial charge in [-0.25, -0.2) is 0 Å². The van der Waals surface area contributed by atoms with Crippen LogP contribution in [-0.2, 0) is 17.6 Å². The first kappa shape index (κ1) is 25.7. The normalized spacial score (nSPS) is 27.9. The summed E-state index contributed by atoms with van der Waals surface area (Å²) < 4.78 is 5.21. The van der Waals surface area contributed by atoms with Crippen molar-refractivity contribution in [3.05, 3.63) is 59.3 Å². The summed E-state index contributed by atoms with van der Waals surface area (Å²) in [4.78, 5) is 14.0. The second kappa shape index (κ2) is 10.4. The highest BCUT2D eigenvalue weighted by Crippen LogP contribution is 2.60. The van der Waals surface area contributed by atoms with Gasteiger partial charge >= 0.3 is 0 Å². The fraction of sp³-hybridized carbons (Fsp3) is 0.516. The van der Waals surface area contributed by atoms with Crippen LogP contribution in [0, 0.1) is 17.3 Å². The van der Waals surface area contributed by atoms with Gasteiger partial charge in [0.2, 0.25) is 5.91 Å². The molecule has 0 spiro atoms. The molecule has 1 amide bonds. The number of phenolic OH excluding ortho intramolecular Hbond substituents is 1. The van der Waals surface area contributed by atoms with Crippen molar-refractivity contribution in [2.75, 3.05) is 13.7 Å². The van der Waals surface area contributed by atoms with Gasteiger partial charge in [-0.15, -0.1) is 0 Å². The van der Waals surface area contributed by atoms with Crippen LogP contribution >= 0.6 is 0 Å². The Hall–Kier alpha value is -2.99. The summed E-state index contributed by atoms with van der Waals surface area (Å²) in [6, 6.07) is 11.9. The van der Waals surface area contributed by atoms with Gasteiger partial charge in [0.05, 0.1) is 13.2 Å². The zero-order chi connectivity index (χ0) is 26.2. The average molecular weight is 505 g/mol. The van der Waals surface area contributed by atoms with E-state index in [4.69, 9.17) is 4.74 Å². The molecule has 0 bridgehead atoms. The molecule has 6 nitrogen and oxygen atoms in total. The predicted octanol–water partition coefficient (Wildman–Crippen LogP) is 5.46. The van der Waals surface area contributed by atoms with Crippen LogP contribution in [0.1, 0.15) is 68.6 Å². The number of carbonyl (C=O) groups excluding carboxylic acids is 1. The summed E-state index contributed by atoms with van der Waals surface area (Å²) in [5.74, 6) is 3.34. The van der Waals surface area contributed by atoms with Gasteiger partial charge in [0.25, 0.3) is 0 Å². The van der Waals surface area contributed by atoms with Gasteiger partial charge in [-0.3, -0.25) is 4.79 Å². The molecule has 3 aliphatic carbocycles. The van der Waals surface area contributed by atoms with Crippen LogP contribution < -0.4 is 10.1 Å². The molecular weight excluding hydrogens is 464 g/mol. The van der Waals surface area contributed by atoms with E-state index in [1.807, 2.05) is 36.5 Å². The number of aryl methyl sites for hydroxylation is 1. The monoisotopic (exact) mass is 504 g/mol. The highest BCUT2D eigenvalue weighted by atomic mass is 16.5. The Morgan fingerprint density at radius 2 is 2.00 bits per heavy atom. The second-order valence-corrected chi connectivity index (χ2v) is 11.4. The molecule has 2 fully saturated rings. The molecule has 2 aromatic carbocycles. The van der Waals surface area contributed by atoms with Crippen molar-refractivity contribution in [3.8, 4) is 11.5 Å². The fourth-order valence-electron chi connectivity index (χ4n) is 7.41. The van der Waals surface area contributed by atoms with E-state index in [9.17, 15) is 15.0 Å². The summed E-state index contributed by atoms with van der Waals surface area (Å²) in [5.41, 5.74) is 5.27. The summed E-state index contributed by atoms with van der Waals surface area (Å²) >= 11 is 0. The number of ether oxygens (including phenoxy) is 1. The maximum absolute atomic E-state index is 10.8. The summed E-state index contributed by atoms with van der Waals surface area (Å²) in [7, 11) is 1.66. The third kappa shape index (κ3) is 4.96. The minimum Gasteiger partial charge on any atom is -0.508 e. The summed E-state index contributed by atoms with van der Waals surface area (Å²) in [6.07, 6.45) is 9.57. The zero-order valence-electron chi connectivity index (χ0n) is 22.2. The van der Waals surface area contributed by atoms with Crippen molar-refractivity contribution in [1.29, 1.82) is 0 Å². The highest BCUT2D eigenvalue weighted by molar-refractivity contribution is 5.84. The minimum absolute atomic E-state index is 0.00224. The molecule has 5 atom stereocenters. The number of nitrogens with one attached hydrogen (secondary N) is 2. The minimum atomic E-state index is -0.0883. The molecule has 4 N–H and O–H groups in total. The number of amides is 1. The topological polar surface area (TPSA) is 94.6 Å². The molecule has 3 aromatic rings. The fourth-order valence-corrected chi connectivity index (χ4v) is 7.41. The Labute approximate surface area is 219 Å². The number of H-pyrrole nitrogens is 1. The zero-order valence-corrected chi connectivity index (χ0v) is 22.2. The van der Waals surface area contributed by atoms with Crippen molar-refractivity contribution in [2.45, 2.75) is 70.8 Å². The van der Waals surface area contributed by atoms with E-state index in [1.165, 1.54) is 42.9 Å². The van der Waals surface area contributed by atoms with Crippen LogP contribution in [-0.4, -0.2) is 40.9 Å². The maximum atomic E-state index is 10.8. The number of carbonyl (C=O) groups is 1. The number of aromatic amines is 1. The van der Waals surface area contributed by atoms with E-state index in [2.05, 4.69) is 23.3 Å². The molecule has 1 heterocycles. The lowest BCUT2D eigenvalue weighted by atomic mass is 9.55. The van der Waals surface area contributed by atoms with Crippen molar-refractivity contribution < 1.29 is 19.7 Å². The number of fused-ring (bicyclic) bond motifs is 6. The molecule has 198 valence electrons. The number of phenols is 1. The van der Waals surface area contributed by atoms with Gasteiger partial charge in [-0.05, 0) is 115 Å². The number of methoxy groups -OCH3 is 1. The lowest BCUT2D eigenvalue weighted by Crippen LogP contribution is -2.43. The van der Waals surface area contributed by atoms with Crippen molar-refractivity contribution >= 4 is 16.8 Å². The molecule has 3 aliphatic rings. The van der Waals surface area contributed by atoms with E-state index in [-0.39, 0.29) is 17.4 Å². The molecule has 6 heteroatoms. The van der Waals surface area contributed by atoms with Gasteiger partial charge in [0, 0.05) is 30.6 Å². The van der Waals surface area contributed by atoms with Crippen LogP contribution in [0.4, 0.5) is 0 Å². The molecule has 0 saturated heterocycles. The highest BCUT2D eigenvalue weighted by Gasteiger charge is 2.54. The van der Waals surface area contributed by atoms with E-state index in [1.54, 1.807) is 7.11 Å². The summed E-state index contributed by atoms with van der Waals surface area (Å²) in [5, 5.41) is 24.0. The molecule has 0 radical (unpaired) electrons. The molecule has 6 rings (SSSR count). The van der Waals surface area contributed by atoms with Crippen LogP contribution in [0.25, 0.3) is 10.9 Å². The largest absolute Gasteiger partial charge is 0.508 e. The number of benzene rings is 2. The first-order chi connectivity index (χ1) is 17.8. The molecular formula is C31H40N2O4. The van der Waals surface area contributed by atoms with Crippen molar-refractivity contribution in [3.63, 3.8) is 0 Å². The predicted molar refractivity (Wildman–Crippen MR) is 146 cm³/mol. The molecule has 0 unspecified atom stereocenters. The second-order valence-electron chi connectivity index (χ2n) is 11.4. The van der Waals surface area contributed by atoms with E-state index in [0.29, 0.717) is 24.1 Å². The van der Waals surface area contributed by atoms with Gasteiger partial charge in [0.1, 0.15) is 11.5 Å². The maximum Gasteiger partial charge on any atom is 0.216 e. The van der Waals surface area contributed by atoms with Gasteiger partial charge in [0.15, 0.2) is 0 Å². The third-order valence-corrected chi connectivity index (χ3v) is 9.40. The Morgan fingerprint density at radius 3 is 2.78 bits per heavy atom. The van der Waals surface area contributed by atoms with Gasteiger partial charge in [-0.1, -0.05) is 13.0 Å². The number of hydrogen-bond acceptors (Lipinski definition) is 4. The first-order valence-corrected chi connectivity index (χ1v) is 13.7. The van der Waals surface area contributed by atoms with E-state index >= 15 is 0 Å². The molecule has 2 saturated carbocycles. The molecule has 37 heavy (non-hydrogen) atoms. The van der Waals surface area contributed by atoms with Crippen molar-refractivity contribution in [2.24, 2.45) is 17.3 Å². The standard InChI is InChI=1S/C18H24O2.C13H16N2O2/c1-18-9-8-14-13-5-3-12(19)10-11(13)2-4-15(14)16(18)6-7-17(18)20;1-9(16)14-6-5-10-8-15-13-4-3-11(17-2)7-12(10)13/h3,5,10,14-17,19-20H,2,4,6-9H2,1H3;3-4,7-8,15H,5-6H2,1-2H3,(H,14,16)/t14-,15-,16+,17+,18+;/m1./s1. The quantitative estimate of drug-likeness (QED) is 0.379. The lowest BCUT2D eigenvalue weighted by Gasteiger charge is -2.50. The first-order valence-electron chi connectivity index (χ1n) is 13.7. The number of aliphatic hydroxyl groups excluding tert-OH is 1. The van der Waals surface area contributed by atoms with E-state index in [0.717, 1.165) is 48.3 Å². The Balaban J connectivity index is 0.000000154. The smallest absolute Gasteiger partial charge is 0.216 e. The Bertz CT molecular complexity index is 1270. The lowest BCUT2D eigenvalue weighted by molar-refractivity contribution is -0.118. The number of aromatic nitrogens is 1. The Kier molecular flexibility index (Phi) is 7.21. The molecule has 1 aromatic heterocycles. The number of aliphatic hydroxyl groups is 1. The van der Waals surface area contributed by atoms with Crippen molar-refractivity contribution in [1.82, 2.24) is 10.3 Å². The van der Waals surface area contributed by atoms with Gasteiger partial charge < -0.3 is 25.3 Å². The molecule has 0 aliphatic heterocycles. The SMILES string of the molecule is COc1ccc2[nH]cc(CCNC(C)=O)c2c1.C[C@]12CC[C@@H]3c4ccc(O)cc4CC[C@H]3[C@@H]1CC[C@@H]2O. The average Bonchev–Trinajstić information content (AvgIpc) is 3.43. The van der Waals surface area contributed by atoms with Crippen LogP contribution in [0.3, 0.4) is 0 Å². The van der Waals surface area contributed by atoms with Crippen LogP contribution in [0.5, 0.6) is 11.5 Å². The van der Waals surface area contributed by atoms with Crippen LogP contribution in [0.2, 0.25) is 0 Å². The van der Waals surface area contributed by atoms with Gasteiger partial charge in [-0.2, -0.15) is 0 Å².